The van der Waals surface area contributed by atoms with Crippen LogP contribution in [0.2, 0.25) is 0 Å². The van der Waals surface area contributed by atoms with Crippen molar-refractivity contribution in [1.29, 1.82) is 5.26 Å². The number of carboxylic acids is 1. The molecule has 0 aliphatic heterocycles. The number of hydrogen-bond donors (Lipinski definition) is 2. The van der Waals surface area contributed by atoms with Crippen LogP contribution >= 0.6 is 11.3 Å². The zero-order valence-corrected chi connectivity index (χ0v) is 12.5. The molecular weight excluding hydrogens is 312 g/mol. The summed E-state index contributed by atoms with van der Waals surface area (Å²) < 4.78 is 27.1. The number of rotatable bonds is 4. The number of carbonyl (C=O) groups is 1. The van der Waals surface area contributed by atoms with E-state index < -0.39 is 16.0 Å². The summed E-state index contributed by atoms with van der Waals surface area (Å²) in [7, 11) is -4.08. The number of benzene rings is 1. The van der Waals surface area contributed by atoms with Gasteiger partial charge in [0.25, 0.3) is 10.0 Å². The third kappa shape index (κ3) is 2.89. The molecule has 0 spiro atoms. The lowest BCUT2D eigenvalue weighted by atomic mass is 10.2. The van der Waals surface area contributed by atoms with E-state index in [4.69, 9.17) is 10.4 Å². The number of nitrogens with one attached hydrogen (secondary N) is 1. The third-order valence-corrected chi connectivity index (χ3v) is 5.44. The molecule has 0 saturated heterocycles. The van der Waals surface area contributed by atoms with Gasteiger partial charge in [-0.05, 0) is 30.0 Å². The minimum atomic E-state index is -4.08. The molecule has 2 aromatic rings. The zero-order valence-electron chi connectivity index (χ0n) is 10.8. The van der Waals surface area contributed by atoms with Crippen LogP contribution in [0.5, 0.6) is 0 Å². The number of sulfonamides is 1. The van der Waals surface area contributed by atoms with Gasteiger partial charge in [0.15, 0.2) is 0 Å². The van der Waals surface area contributed by atoms with E-state index in [2.05, 4.69) is 4.72 Å². The SMILES string of the molecule is Cc1csc(C(=O)O)c1S(=O)(=O)Nc1ccccc1C#N. The van der Waals surface area contributed by atoms with E-state index in [9.17, 15) is 13.2 Å². The first-order chi connectivity index (χ1) is 9.86. The van der Waals surface area contributed by atoms with Crippen LogP contribution in [-0.2, 0) is 10.0 Å². The van der Waals surface area contributed by atoms with Crippen LogP contribution in [0.15, 0.2) is 34.5 Å². The molecule has 8 heteroatoms. The van der Waals surface area contributed by atoms with Gasteiger partial charge >= 0.3 is 5.97 Å². The Morgan fingerprint density at radius 2 is 2.05 bits per heavy atom. The molecule has 0 radical (unpaired) electrons. The molecule has 1 aromatic heterocycles. The molecule has 2 N–H and O–H groups in total. The summed E-state index contributed by atoms with van der Waals surface area (Å²) >= 11 is 0.848. The Hall–Kier alpha value is -2.37. The molecule has 0 fully saturated rings. The first kappa shape index (κ1) is 15.0. The molecule has 21 heavy (non-hydrogen) atoms. The average Bonchev–Trinajstić information content (AvgIpc) is 2.82. The fraction of sp³-hybridized carbons (Fsp3) is 0.0769. The maximum absolute atomic E-state index is 12.4. The highest BCUT2D eigenvalue weighted by molar-refractivity contribution is 7.93. The monoisotopic (exact) mass is 322 g/mol. The van der Waals surface area contributed by atoms with Gasteiger partial charge in [0.05, 0.1) is 11.3 Å². The summed E-state index contributed by atoms with van der Waals surface area (Å²) in [5.41, 5.74) is 0.618. The first-order valence-corrected chi connectivity index (χ1v) is 8.06. The number of nitrogens with zero attached hydrogens (tertiary/aromatic N) is 1. The Morgan fingerprint density at radius 1 is 1.38 bits per heavy atom. The molecule has 108 valence electrons. The van der Waals surface area contributed by atoms with Crippen molar-refractivity contribution in [3.05, 3.63) is 45.6 Å². The standard InChI is InChI=1S/C13H10N2O4S2/c1-8-7-20-11(13(16)17)12(8)21(18,19)15-10-5-3-2-4-9(10)6-14/h2-5,7,15H,1H3,(H,16,17). The molecule has 1 aromatic carbocycles. The number of anilines is 1. The van der Waals surface area contributed by atoms with Crippen molar-refractivity contribution >= 4 is 33.0 Å². The van der Waals surface area contributed by atoms with Crippen molar-refractivity contribution in [2.45, 2.75) is 11.8 Å². The van der Waals surface area contributed by atoms with Crippen LogP contribution in [0, 0.1) is 18.3 Å². The van der Waals surface area contributed by atoms with Crippen molar-refractivity contribution in [3.63, 3.8) is 0 Å². The molecule has 6 nitrogen and oxygen atoms in total. The molecule has 2 rings (SSSR count). The van der Waals surface area contributed by atoms with Gasteiger partial charge in [0.1, 0.15) is 15.8 Å². The number of aryl methyl sites for hydroxylation is 1. The fourth-order valence-corrected chi connectivity index (χ4v) is 4.49. The Labute approximate surface area is 125 Å². The number of carboxylic acid groups (broad SMARTS) is 1. The lowest BCUT2D eigenvalue weighted by Gasteiger charge is -2.10. The van der Waals surface area contributed by atoms with Crippen molar-refractivity contribution in [1.82, 2.24) is 0 Å². The lowest BCUT2D eigenvalue weighted by Crippen LogP contribution is -2.17. The summed E-state index contributed by atoms with van der Waals surface area (Å²) in [6, 6.07) is 7.97. The number of nitriles is 1. The van der Waals surface area contributed by atoms with Crippen LogP contribution in [0.1, 0.15) is 20.8 Å². The second-order valence-electron chi connectivity index (χ2n) is 4.15. The number of para-hydroxylation sites is 1. The highest BCUT2D eigenvalue weighted by atomic mass is 32.2. The second-order valence-corrected chi connectivity index (χ2v) is 6.64. The molecule has 0 aliphatic rings. The van der Waals surface area contributed by atoms with Gasteiger partial charge in [-0.15, -0.1) is 11.3 Å². The number of thiophene rings is 1. The summed E-state index contributed by atoms with van der Waals surface area (Å²) in [5.74, 6) is -1.30. The lowest BCUT2D eigenvalue weighted by molar-refractivity contribution is 0.0698. The van der Waals surface area contributed by atoms with E-state index in [1.165, 1.54) is 24.4 Å². The summed E-state index contributed by atoms with van der Waals surface area (Å²) in [6.45, 7) is 1.52. The highest BCUT2D eigenvalue weighted by Crippen LogP contribution is 2.29. The summed E-state index contributed by atoms with van der Waals surface area (Å²) in [5, 5.41) is 19.5. The minimum Gasteiger partial charge on any atom is -0.477 e. The second kappa shape index (κ2) is 5.55. The van der Waals surface area contributed by atoms with E-state index >= 15 is 0 Å². The summed E-state index contributed by atoms with van der Waals surface area (Å²) in [6.07, 6.45) is 0. The summed E-state index contributed by atoms with van der Waals surface area (Å²) in [4.78, 5) is 10.6. The van der Waals surface area contributed by atoms with Crippen LogP contribution in [-0.4, -0.2) is 19.5 Å². The Balaban J connectivity index is 2.52. The molecule has 0 aliphatic carbocycles. The topological polar surface area (TPSA) is 107 Å². The van der Waals surface area contributed by atoms with Crippen molar-refractivity contribution < 1.29 is 18.3 Å². The quantitative estimate of drug-likeness (QED) is 0.899. The van der Waals surface area contributed by atoms with E-state index in [1.54, 1.807) is 12.1 Å². The van der Waals surface area contributed by atoms with E-state index in [0.717, 1.165) is 11.3 Å². The smallest absolute Gasteiger partial charge is 0.347 e. The molecule has 0 saturated carbocycles. The Bertz CT molecular complexity index is 847. The van der Waals surface area contributed by atoms with Crippen molar-refractivity contribution in [2.24, 2.45) is 0 Å². The van der Waals surface area contributed by atoms with Gasteiger partial charge < -0.3 is 5.11 Å². The van der Waals surface area contributed by atoms with Gasteiger partial charge in [-0.3, -0.25) is 4.72 Å². The Morgan fingerprint density at radius 3 is 2.67 bits per heavy atom. The number of aromatic carboxylic acids is 1. The highest BCUT2D eigenvalue weighted by Gasteiger charge is 2.27. The van der Waals surface area contributed by atoms with Crippen molar-refractivity contribution in [3.8, 4) is 6.07 Å². The van der Waals surface area contributed by atoms with Gasteiger partial charge in [0.2, 0.25) is 0 Å². The predicted molar refractivity (Wildman–Crippen MR) is 78.0 cm³/mol. The Kier molecular flexibility index (Phi) is 3.97. The fourth-order valence-electron chi connectivity index (χ4n) is 1.78. The molecular formula is C13H10N2O4S2. The van der Waals surface area contributed by atoms with E-state index in [0.29, 0.717) is 5.56 Å². The normalized spacial score (nSPS) is 10.9. The third-order valence-electron chi connectivity index (χ3n) is 2.67. The van der Waals surface area contributed by atoms with Crippen molar-refractivity contribution in [2.75, 3.05) is 4.72 Å². The minimum absolute atomic E-state index is 0.113. The zero-order chi connectivity index (χ0) is 15.6. The molecule has 0 bridgehead atoms. The van der Waals surface area contributed by atoms with E-state index in [-0.39, 0.29) is 21.0 Å². The van der Waals surface area contributed by atoms with Gasteiger partial charge in [-0.25, -0.2) is 13.2 Å². The molecule has 1 heterocycles. The maximum atomic E-state index is 12.4. The van der Waals surface area contributed by atoms with Gasteiger partial charge in [-0.2, -0.15) is 5.26 Å². The largest absolute Gasteiger partial charge is 0.477 e. The molecule has 0 unspecified atom stereocenters. The van der Waals surface area contributed by atoms with Crippen LogP contribution < -0.4 is 4.72 Å². The van der Waals surface area contributed by atoms with Crippen LogP contribution in [0.4, 0.5) is 5.69 Å². The molecule has 0 amide bonds. The average molecular weight is 322 g/mol. The van der Waals surface area contributed by atoms with E-state index in [1.807, 2.05) is 6.07 Å². The molecule has 0 atom stereocenters. The maximum Gasteiger partial charge on any atom is 0.347 e. The first-order valence-electron chi connectivity index (χ1n) is 5.70. The van der Waals surface area contributed by atoms with Crippen LogP contribution in [0.25, 0.3) is 0 Å². The van der Waals surface area contributed by atoms with Gasteiger partial charge in [0, 0.05) is 0 Å². The predicted octanol–water partition coefficient (Wildman–Crippen LogP) is 2.43. The number of hydrogen-bond acceptors (Lipinski definition) is 5. The van der Waals surface area contributed by atoms with Gasteiger partial charge in [-0.1, -0.05) is 12.1 Å². The van der Waals surface area contributed by atoms with Crippen LogP contribution in [0.3, 0.4) is 0 Å².